The molecule has 2 heterocycles. The zero-order chi connectivity index (χ0) is 16.2. The van der Waals surface area contributed by atoms with Gasteiger partial charge < -0.3 is 10.2 Å². The number of carbonyl (C=O) groups excluding carboxylic acids is 2. The molecule has 6 heteroatoms. The van der Waals surface area contributed by atoms with E-state index in [-0.39, 0.29) is 11.8 Å². The van der Waals surface area contributed by atoms with Crippen LogP contribution in [0.2, 0.25) is 0 Å². The van der Waals surface area contributed by atoms with Crippen LogP contribution in [-0.2, 0) is 4.79 Å². The maximum atomic E-state index is 12.6. The van der Waals surface area contributed by atoms with Crippen LogP contribution in [0.4, 0.5) is 5.69 Å². The molecule has 0 saturated carbocycles. The molecule has 0 unspecified atom stereocenters. The minimum absolute atomic E-state index is 0.0471. The Bertz CT molecular complexity index is 702. The normalized spacial score (nSPS) is 17.8. The van der Waals surface area contributed by atoms with E-state index in [0.29, 0.717) is 17.8 Å². The number of amides is 2. The Balaban J connectivity index is 1.75. The van der Waals surface area contributed by atoms with E-state index in [9.17, 15) is 9.59 Å². The van der Waals surface area contributed by atoms with E-state index in [0.717, 1.165) is 23.0 Å². The highest BCUT2D eigenvalue weighted by atomic mass is 79.9. The fourth-order valence-electron chi connectivity index (χ4n) is 2.78. The van der Waals surface area contributed by atoms with E-state index in [1.807, 2.05) is 41.8 Å². The zero-order valence-electron chi connectivity index (χ0n) is 12.5. The molecule has 4 nitrogen and oxygen atoms in total. The number of nitrogens with zero attached hydrogens (tertiary/aromatic N) is 1. The summed E-state index contributed by atoms with van der Waals surface area (Å²) in [5.74, 6) is -0.165. The van der Waals surface area contributed by atoms with Crippen LogP contribution in [0.5, 0.6) is 0 Å². The Hall–Kier alpha value is -1.66. The molecule has 0 spiro atoms. The fourth-order valence-corrected chi connectivity index (χ4v) is 3.86. The molecule has 1 atom stereocenters. The van der Waals surface area contributed by atoms with Crippen LogP contribution < -0.4 is 5.32 Å². The van der Waals surface area contributed by atoms with Gasteiger partial charge in [-0.15, -0.1) is 11.3 Å². The van der Waals surface area contributed by atoms with Crippen LogP contribution in [0.3, 0.4) is 0 Å². The van der Waals surface area contributed by atoms with Crippen molar-refractivity contribution in [2.75, 3.05) is 11.9 Å². The van der Waals surface area contributed by atoms with Gasteiger partial charge in [0.2, 0.25) is 5.91 Å². The third-order valence-electron chi connectivity index (χ3n) is 3.89. The highest BCUT2D eigenvalue weighted by Crippen LogP contribution is 2.23. The Morgan fingerprint density at radius 1 is 1.22 bits per heavy atom. The van der Waals surface area contributed by atoms with Crippen molar-refractivity contribution in [3.63, 3.8) is 0 Å². The summed E-state index contributed by atoms with van der Waals surface area (Å²) in [4.78, 5) is 27.7. The molecule has 2 aromatic rings. The van der Waals surface area contributed by atoms with Crippen molar-refractivity contribution >= 4 is 44.8 Å². The minimum atomic E-state index is -0.405. The summed E-state index contributed by atoms with van der Waals surface area (Å²) >= 11 is 4.81. The lowest BCUT2D eigenvalue weighted by atomic mass is 10.0. The largest absolute Gasteiger partial charge is 0.326 e. The first-order valence-electron chi connectivity index (χ1n) is 7.56. The van der Waals surface area contributed by atoms with Crippen molar-refractivity contribution in [1.29, 1.82) is 0 Å². The lowest BCUT2D eigenvalue weighted by Crippen LogP contribution is -2.49. The number of nitrogens with one attached hydrogen (secondary N) is 1. The lowest BCUT2D eigenvalue weighted by Gasteiger charge is -2.34. The van der Waals surface area contributed by atoms with E-state index in [1.165, 1.54) is 11.3 Å². The number of carbonyl (C=O) groups is 2. The predicted molar refractivity (Wildman–Crippen MR) is 95.8 cm³/mol. The van der Waals surface area contributed by atoms with Gasteiger partial charge >= 0.3 is 0 Å². The summed E-state index contributed by atoms with van der Waals surface area (Å²) in [7, 11) is 0. The zero-order valence-corrected chi connectivity index (χ0v) is 14.9. The highest BCUT2D eigenvalue weighted by Gasteiger charge is 2.33. The maximum Gasteiger partial charge on any atom is 0.264 e. The van der Waals surface area contributed by atoms with Crippen LogP contribution in [-0.4, -0.2) is 29.3 Å². The Kier molecular flexibility index (Phi) is 5.13. The molecule has 1 aromatic carbocycles. The second-order valence-electron chi connectivity index (χ2n) is 5.49. The first-order chi connectivity index (χ1) is 11.1. The molecular weight excluding hydrogens is 376 g/mol. The van der Waals surface area contributed by atoms with Crippen LogP contribution in [0.15, 0.2) is 46.3 Å². The summed E-state index contributed by atoms with van der Waals surface area (Å²) in [6.07, 6.45) is 2.61. The van der Waals surface area contributed by atoms with Gasteiger partial charge in [0.25, 0.3) is 5.91 Å². The number of hydrogen-bond acceptors (Lipinski definition) is 3. The molecule has 1 fully saturated rings. The van der Waals surface area contributed by atoms with Crippen molar-refractivity contribution in [1.82, 2.24) is 4.90 Å². The van der Waals surface area contributed by atoms with Crippen molar-refractivity contribution in [2.24, 2.45) is 0 Å². The Labute approximate surface area is 147 Å². The van der Waals surface area contributed by atoms with Crippen molar-refractivity contribution in [2.45, 2.75) is 25.3 Å². The van der Waals surface area contributed by atoms with Gasteiger partial charge in [0.1, 0.15) is 6.04 Å². The first kappa shape index (κ1) is 16.2. The van der Waals surface area contributed by atoms with E-state index < -0.39 is 6.04 Å². The number of rotatable bonds is 3. The van der Waals surface area contributed by atoms with Gasteiger partial charge in [0.15, 0.2) is 0 Å². The monoisotopic (exact) mass is 392 g/mol. The quantitative estimate of drug-likeness (QED) is 0.852. The smallest absolute Gasteiger partial charge is 0.264 e. The maximum absolute atomic E-state index is 12.6. The molecule has 1 aliphatic rings. The van der Waals surface area contributed by atoms with E-state index in [4.69, 9.17) is 0 Å². The number of likely N-dealkylation sites (tertiary alicyclic amines) is 1. The molecule has 23 heavy (non-hydrogen) atoms. The number of benzene rings is 1. The third kappa shape index (κ3) is 3.82. The van der Waals surface area contributed by atoms with Gasteiger partial charge in [-0.05, 0) is 48.9 Å². The average molecular weight is 393 g/mol. The molecule has 0 bridgehead atoms. The van der Waals surface area contributed by atoms with Crippen LogP contribution in [0.25, 0.3) is 0 Å². The molecule has 0 aliphatic carbocycles. The standard InChI is InChI=1S/C17H17BrN2O2S/c18-12-5-3-6-13(11-12)19-16(21)14-7-1-2-9-20(14)17(22)15-8-4-10-23-15/h3-6,8,10-11,14H,1-2,7,9H2,(H,19,21)/t14-/m0/s1. The van der Waals surface area contributed by atoms with Crippen molar-refractivity contribution < 1.29 is 9.59 Å². The average Bonchev–Trinajstić information content (AvgIpc) is 3.08. The van der Waals surface area contributed by atoms with Gasteiger partial charge in [-0.2, -0.15) is 0 Å². The molecule has 0 radical (unpaired) electrons. The van der Waals surface area contributed by atoms with E-state index >= 15 is 0 Å². The molecule has 1 saturated heterocycles. The third-order valence-corrected chi connectivity index (χ3v) is 5.24. The summed E-state index contributed by atoms with van der Waals surface area (Å²) < 4.78 is 0.908. The number of thiophene rings is 1. The Morgan fingerprint density at radius 3 is 2.83 bits per heavy atom. The van der Waals surface area contributed by atoms with Gasteiger partial charge in [0.05, 0.1) is 4.88 Å². The number of anilines is 1. The van der Waals surface area contributed by atoms with Crippen LogP contribution in [0, 0.1) is 0 Å². The number of halogens is 1. The molecule has 3 rings (SSSR count). The van der Waals surface area contributed by atoms with Gasteiger partial charge in [-0.1, -0.05) is 28.1 Å². The molecule has 1 aliphatic heterocycles. The van der Waals surface area contributed by atoms with Gasteiger partial charge in [-0.3, -0.25) is 9.59 Å². The molecule has 1 N–H and O–H groups in total. The predicted octanol–water partition coefficient (Wildman–Crippen LogP) is 4.14. The van der Waals surface area contributed by atoms with Crippen molar-refractivity contribution in [3.8, 4) is 0 Å². The fraction of sp³-hybridized carbons (Fsp3) is 0.294. The summed E-state index contributed by atoms with van der Waals surface area (Å²) in [5, 5.41) is 4.81. The number of hydrogen-bond donors (Lipinski definition) is 1. The molecular formula is C17H17BrN2O2S. The second-order valence-corrected chi connectivity index (χ2v) is 7.35. The van der Waals surface area contributed by atoms with Gasteiger partial charge in [-0.25, -0.2) is 0 Å². The van der Waals surface area contributed by atoms with Gasteiger partial charge in [0, 0.05) is 16.7 Å². The highest BCUT2D eigenvalue weighted by molar-refractivity contribution is 9.10. The SMILES string of the molecule is O=C(Nc1cccc(Br)c1)[C@@H]1CCCCN1C(=O)c1cccs1. The van der Waals surface area contributed by atoms with E-state index in [1.54, 1.807) is 4.90 Å². The summed E-state index contributed by atoms with van der Waals surface area (Å²) in [6, 6.07) is 10.7. The summed E-state index contributed by atoms with van der Waals surface area (Å²) in [5.41, 5.74) is 0.735. The lowest BCUT2D eigenvalue weighted by molar-refractivity contribution is -0.121. The molecule has 1 aromatic heterocycles. The van der Waals surface area contributed by atoms with Crippen molar-refractivity contribution in [3.05, 3.63) is 51.1 Å². The minimum Gasteiger partial charge on any atom is -0.326 e. The Morgan fingerprint density at radius 2 is 2.09 bits per heavy atom. The van der Waals surface area contributed by atoms with Crippen LogP contribution in [0.1, 0.15) is 28.9 Å². The summed E-state index contributed by atoms with van der Waals surface area (Å²) in [6.45, 7) is 0.632. The molecule has 120 valence electrons. The first-order valence-corrected chi connectivity index (χ1v) is 9.23. The van der Waals surface area contributed by atoms with Crippen LogP contribution >= 0.6 is 27.3 Å². The number of piperidine rings is 1. The topological polar surface area (TPSA) is 49.4 Å². The second kappa shape index (κ2) is 7.27. The van der Waals surface area contributed by atoms with E-state index in [2.05, 4.69) is 21.2 Å². The molecule has 2 amide bonds.